The number of rotatable bonds is 1. The van der Waals surface area contributed by atoms with Crippen molar-refractivity contribution in [3.8, 4) is 11.3 Å². The molecule has 0 aliphatic heterocycles. The minimum absolute atomic E-state index is 0.781. The molecule has 0 amide bonds. The normalized spacial score (nSPS) is 10.8. The van der Waals surface area contributed by atoms with Crippen LogP contribution < -0.4 is 0 Å². The quantitative estimate of drug-likeness (QED) is 0.685. The second kappa shape index (κ2) is 3.68. The van der Waals surface area contributed by atoms with Gasteiger partial charge in [-0.25, -0.2) is 9.50 Å². The topological polar surface area (TPSA) is 43.1 Å². The second-order valence-corrected chi connectivity index (χ2v) is 4.14. The molecule has 0 bridgehead atoms. The van der Waals surface area contributed by atoms with Gasteiger partial charge in [-0.1, -0.05) is 0 Å². The molecule has 0 aliphatic rings. The third kappa shape index (κ3) is 1.59. The number of imidazole rings is 1. The Bertz CT molecular complexity index is 633. The minimum atomic E-state index is 0.781. The van der Waals surface area contributed by atoms with Crippen LogP contribution in [0.15, 0.2) is 47.5 Å². The van der Waals surface area contributed by atoms with Crippen molar-refractivity contribution in [2.45, 2.75) is 0 Å². The summed E-state index contributed by atoms with van der Waals surface area (Å²) in [6.45, 7) is 0. The summed E-state index contributed by atoms with van der Waals surface area (Å²) < 4.78 is 2.52. The van der Waals surface area contributed by atoms with E-state index in [0.717, 1.165) is 21.5 Å². The molecule has 0 atom stereocenters. The zero-order valence-corrected chi connectivity index (χ0v) is 9.79. The number of hydrogen-bond acceptors (Lipinski definition) is 3. The molecule has 78 valence electrons. The van der Waals surface area contributed by atoms with Crippen molar-refractivity contribution in [2.75, 3.05) is 0 Å². The summed E-state index contributed by atoms with van der Waals surface area (Å²) in [5.74, 6) is 0. The Morgan fingerprint density at radius 2 is 2.12 bits per heavy atom. The number of pyridine rings is 1. The molecule has 16 heavy (non-hydrogen) atoms. The molecule has 0 spiro atoms. The van der Waals surface area contributed by atoms with Gasteiger partial charge in [-0.2, -0.15) is 5.10 Å². The summed E-state index contributed by atoms with van der Waals surface area (Å²) in [7, 11) is 0. The van der Waals surface area contributed by atoms with E-state index in [0.29, 0.717) is 0 Å². The van der Waals surface area contributed by atoms with E-state index in [4.69, 9.17) is 0 Å². The monoisotopic (exact) mass is 274 g/mol. The largest absolute Gasteiger partial charge is 0.264 e. The SMILES string of the molecule is Brc1cn2nc(-c3cccnc3)ccc2n1. The Morgan fingerprint density at radius 3 is 2.94 bits per heavy atom. The van der Waals surface area contributed by atoms with Crippen molar-refractivity contribution in [2.24, 2.45) is 0 Å². The summed E-state index contributed by atoms with van der Waals surface area (Å²) in [5, 5.41) is 4.45. The fourth-order valence-electron chi connectivity index (χ4n) is 1.52. The van der Waals surface area contributed by atoms with Crippen LogP contribution in [0.2, 0.25) is 0 Å². The van der Waals surface area contributed by atoms with Gasteiger partial charge in [0, 0.05) is 18.0 Å². The van der Waals surface area contributed by atoms with E-state index in [1.54, 1.807) is 16.9 Å². The molecule has 3 heterocycles. The summed E-state index contributed by atoms with van der Waals surface area (Å²) in [6, 6.07) is 7.74. The van der Waals surface area contributed by atoms with Gasteiger partial charge in [-0.3, -0.25) is 4.98 Å². The molecule has 3 rings (SSSR count). The summed E-state index contributed by atoms with van der Waals surface area (Å²) in [4.78, 5) is 8.32. The Labute approximate surface area is 100 Å². The van der Waals surface area contributed by atoms with Crippen LogP contribution in [0.3, 0.4) is 0 Å². The van der Waals surface area contributed by atoms with E-state index in [2.05, 4.69) is 31.0 Å². The maximum atomic E-state index is 4.45. The predicted octanol–water partition coefficient (Wildman–Crippen LogP) is 2.55. The van der Waals surface area contributed by atoms with Crippen LogP contribution in [0.5, 0.6) is 0 Å². The first-order valence-corrected chi connectivity index (χ1v) is 5.54. The zero-order chi connectivity index (χ0) is 11.0. The van der Waals surface area contributed by atoms with Gasteiger partial charge in [0.1, 0.15) is 4.60 Å². The highest BCUT2D eigenvalue weighted by atomic mass is 79.9. The van der Waals surface area contributed by atoms with Crippen molar-refractivity contribution in [1.82, 2.24) is 19.6 Å². The first-order valence-electron chi connectivity index (χ1n) is 4.75. The van der Waals surface area contributed by atoms with Crippen molar-refractivity contribution in [3.63, 3.8) is 0 Å². The fraction of sp³-hybridized carbons (Fsp3) is 0. The summed E-state index contributed by atoms with van der Waals surface area (Å²) in [6.07, 6.45) is 5.37. The van der Waals surface area contributed by atoms with Gasteiger partial charge in [0.15, 0.2) is 5.65 Å². The first kappa shape index (κ1) is 9.47. The Hall–Kier alpha value is -1.75. The van der Waals surface area contributed by atoms with Crippen molar-refractivity contribution < 1.29 is 0 Å². The highest BCUT2D eigenvalue weighted by Gasteiger charge is 2.03. The highest BCUT2D eigenvalue weighted by molar-refractivity contribution is 9.10. The number of aromatic nitrogens is 4. The summed E-state index contributed by atoms with van der Waals surface area (Å²) >= 11 is 3.32. The van der Waals surface area contributed by atoms with Crippen LogP contribution in [-0.4, -0.2) is 19.6 Å². The second-order valence-electron chi connectivity index (χ2n) is 3.33. The van der Waals surface area contributed by atoms with E-state index in [1.807, 2.05) is 30.5 Å². The maximum absolute atomic E-state index is 4.45. The lowest BCUT2D eigenvalue weighted by atomic mass is 10.2. The smallest absolute Gasteiger partial charge is 0.154 e. The molecule has 3 aromatic rings. The van der Waals surface area contributed by atoms with Gasteiger partial charge in [0.2, 0.25) is 0 Å². The van der Waals surface area contributed by atoms with Crippen LogP contribution in [0.4, 0.5) is 0 Å². The average molecular weight is 275 g/mol. The fourth-order valence-corrected chi connectivity index (χ4v) is 1.90. The van der Waals surface area contributed by atoms with Gasteiger partial charge in [0.25, 0.3) is 0 Å². The molecule has 4 nitrogen and oxygen atoms in total. The Balaban J connectivity index is 2.18. The molecule has 0 radical (unpaired) electrons. The van der Waals surface area contributed by atoms with Crippen LogP contribution in [0.1, 0.15) is 0 Å². The van der Waals surface area contributed by atoms with Gasteiger partial charge in [-0.15, -0.1) is 0 Å². The van der Waals surface area contributed by atoms with E-state index < -0.39 is 0 Å². The van der Waals surface area contributed by atoms with Gasteiger partial charge < -0.3 is 0 Å². The van der Waals surface area contributed by atoms with Crippen molar-refractivity contribution >= 4 is 21.6 Å². The molecular formula is C11H7BrN4. The number of fused-ring (bicyclic) bond motifs is 1. The molecule has 0 unspecified atom stereocenters. The highest BCUT2D eigenvalue weighted by Crippen LogP contribution is 2.16. The average Bonchev–Trinajstić information content (AvgIpc) is 2.69. The Morgan fingerprint density at radius 1 is 1.19 bits per heavy atom. The van der Waals surface area contributed by atoms with Crippen LogP contribution in [0, 0.1) is 0 Å². The van der Waals surface area contributed by atoms with Crippen LogP contribution in [0.25, 0.3) is 16.9 Å². The molecule has 0 saturated heterocycles. The molecule has 3 aromatic heterocycles. The molecule has 0 fully saturated rings. The third-order valence-electron chi connectivity index (χ3n) is 2.25. The standard InChI is InChI=1S/C11H7BrN4/c12-10-7-16-11(14-10)4-3-9(15-16)8-2-1-5-13-6-8/h1-7H. The molecular weight excluding hydrogens is 268 g/mol. The van der Waals surface area contributed by atoms with E-state index in [9.17, 15) is 0 Å². The van der Waals surface area contributed by atoms with E-state index in [1.165, 1.54) is 0 Å². The number of hydrogen-bond donors (Lipinski definition) is 0. The van der Waals surface area contributed by atoms with E-state index >= 15 is 0 Å². The van der Waals surface area contributed by atoms with Crippen LogP contribution in [-0.2, 0) is 0 Å². The van der Waals surface area contributed by atoms with E-state index in [-0.39, 0.29) is 0 Å². The first-order chi connectivity index (χ1) is 7.83. The predicted molar refractivity (Wildman–Crippen MR) is 63.9 cm³/mol. The Kier molecular flexibility index (Phi) is 2.18. The maximum Gasteiger partial charge on any atom is 0.154 e. The molecule has 0 aliphatic carbocycles. The number of halogens is 1. The lowest BCUT2D eigenvalue weighted by Gasteiger charge is -1.99. The third-order valence-corrected chi connectivity index (χ3v) is 2.63. The molecule has 0 aromatic carbocycles. The molecule has 0 N–H and O–H groups in total. The van der Waals surface area contributed by atoms with Gasteiger partial charge in [-0.05, 0) is 40.2 Å². The lowest BCUT2D eigenvalue weighted by molar-refractivity contribution is 0.941. The lowest BCUT2D eigenvalue weighted by Crippen LogP contribution is -1.93. The zero-order valence-electron chi connectivity index (χ0n) is 8.21. The molecule has 0 saturated carbocycles. The van der Waals surface area contributed by atoms with Gasteiger partial charge in [0.05, 0.1) is 11.9 Å². The van der Waals surface area contributed by atoms with Crippen molar-refractivity contribution in [3.05, 3.63) is 47.5 Å². The van der Waals surface area contributed by atoms with Crippen molar-refractivity contribution in [1.29, 1.82) is 0 Å². The molecule has 5 heteroatoms. The van der Waals surface area contributed by atoms with Gasteiger partial charge >= 0.3 is 0 Å². The van der Waals surface area contributed by atoms with Crippen LogP contribution >= 0.6 is 15.9 Å². The number of nitrogens with zero attached hydrogens (tertiary/aromatic N) is 4. The minimum Gasteiger partial charge on any atom is -0.264 e. The summed E-state index contributed by atoms with van der Waals surface area (Å²) in [5.41, 5.74) is 2.69.